The average Bonchev–Trinajstić information content (AvgIpc) is 3.05. The number of halogens is 2. The maximum Gasteiger partial charge on any atom is 0.329 e. The third-order valence-electron chi connectivity index (χ3n) is 6.44. The molecule has 0 aliphatic heterocycles. The van der Waals surface area contributed by atoms with Crippen molar-refractivity contribution in [2.45, 2.75) is 0 Å². The molecule has 0 aliphatic carbocycles. The summed E-state index contributed by atoms with van der Waals surface area (Å²) in [7, 11) is 0. The van der Waals surface area contributed by atoms with Gasteiger partial charge in [0.15, 0.2) is 10.9 Å². The van der Waals surface area contributed by atoms with E-state index in [9.17, 15) is 9.59 Å². The van der Waals surface area contributed by atoms with Gasteiger partial charge in [-0.2, -0.15) is 19.9 Å². The van der Waals surface area contributed by atoms with Crippen LogP contribution in [0.3, 0.4) is 0 Å². The Labute approximate surface area is 265 Å². The molecule has 14 heteroatoms. The zero-order valence-corrected chi connectivity index (χ0v) is 24.6. The van der Waals surface area contributed by atoms with Gasteiger partial charge in [-0.1, -0.05) is 0 Å². The van der Waals surface area contributed by atoms with E-state index in [2.05, 4.69) is 29.9 Å². The van der Waals surface area contributed by atoms with Crippen LogP contribution in [-0.4, -0.2) is 29.9 Å². The number of aromatic nitrogens is 6. The van der Waals surface area contributed by atoms with Crippen LogP contribution >= 0.6 is 23.2 Å². The first-order valence-electron chi connectivity index (χ1n) is 13.4. The minimum atomic E-state index is -0.234. The first-order chi connectivity index (χ1) is 22.3. The molecule has 0 fully saturated rings. The number of hydrogen-bond acceptors (Lipinski definition) is 12. The van der Waals surface area contributed by atoms with E-state index in [1.54, 1.807) is 97.1 Å². The molecule has 0 amide bonds. The van der Waals surface area contributed by atoms with E-state index in [0.29, 0.717) is 43.9 Å². The van der Waals surface area contributed by atoms with Gasteiger partial charge in [-0.15, -0.1) is 9.97 Å². The third kappa shape index (κ3) is 6.43. The molecule has 0 spiro atoms. The number of hydrogen-bond donors (Lipinski definition) is 0. The highest BCUT2D eigenvalue weighted by molar-refractivity contribution is 6.28. The average molecular weight is 651 g/mol. The lowest BCUT2D eigenvalue weighted by molar-refractivity contribution is 0.589. The first-order valence-corrected chi connectivity index (χ1v) is 14.1. The number of rotatable bonds is 0. The van der Waals surface area contributed by atoms with Gasteiger partial charge in [0, 0.05) is 21.5 Å². The molecular formula is C32H16Cl2N6O6. The van der Waals surface area contributed by atoms with Gasteiger partial charge < -0.3 is 17.7 Å². The van der Waals surface area contributed by atoms with Gasteiger partial charge in [0.2, 0.25) is 10.6 Å². The van der Waals surface area contributed by atoms with E-state index in [-0.39, 0.29) is 44.8 Å². The SMILES string of the molecule is O=c1c2ccc(cc2)oc2nc(Cl)nc(n2)oc2ccc(cc2)c(=O)c2ccc(cc2)oc2nc(Cl)nc(n2)oc2ccc1cc2. The van der Waals surface area contributed by atoms with E-state index in [1.165, 1.54) is 0 Å². The highest BCUT2D eigenvalue weighted by atomic mass is 35.5. The Hall–Kier alpha value is -5.98. The largest absolute Gasteiger partial charge is 0.424 e. The Balaban J connectivity index is 1.48. The van der Waals surface area contributed by atoms with Gasteiger partial charge in [0.25, 0.3) is 0 Å². The van der Waals surface area contributed by atoms with Crippen molar-refractivity contribution in [1.29, 1.82) is 0 Å². The molecule has 0 N–H and O–H groups in total. The molecular weight excluding hydrogens is 635 g/mol. The van der Waals surface area contributed by atoms with Crippen LogP contribution in [0.4, 0.5) is 0 Å². The van der Waals surface area contributed by atoms with Crippen molar-refractivity contribution >= 4 is 90.5 Å². The summed E-state index contributed by atoms with van der Waals surface area (Å²) in [6, 6.07) is 25.5. The molecule has 0 unspecified atom stereocenters. The molecule has 224 valence electrons. The number of nitrogens with zero attached hydrogens (tertiary/aromatic N) is 6. The first kappa shape index (κ1) is 28.8. The van der Waals surface area contributed by atoms with Crippen LogP contribution in [0.5, 0.6) is 0 Å². The summed E-state index contributed by atoms with van der Waals surface area (Å²) in [5, 5.41) is 1.33. The minimum absolute atomic E-state index is 0.122. The van der Waals surface area contributed by atoms with Crippen molar-refractivity contribution in [3.05, 3.63) is 128 Å². The molecule has 4 aromatic carbocycles. The van der Waals surface area contributed by atoms with Crippen LogP contribution in [-0.2, 0) is 0 Å². The molecule has 12 nitrogen and oxygen atoms in total. The molecule has 13 rings (SSSR count). The lowest BCUT2D eigenvalue weighted by atomic mass is 10.2. The Morgan fingerprint density at radius 2 is 0.565 bits per heavy atom. The van der Waals surface area contributed by atoms with E-state index in [1.807, 2.05) is 0 Å². The predicted octanol–water partition coefficient (Wildman–Crippen LogP) is 7.31. The number of benzene rings is 4. The second kappa shape index (κ2) is 12.2. The molecule has 46 heavy (non-hydrogen) atoms. The molecule has 0 atom stereocenters. The fourth-order valence-corrected chi connectivity index (χ4v) is 4.55. The second-order valence-corrected chi connectivity index (χ2v) is 10.2. The summed E-state index contributed by atoms with van der Waals surface area (Å²) in [6.07, 6.45) is 0. The maximum atomic E-state index is 13.1. The van der Waals surface area contributed by atoms with Crippen molar-refractivity contribution in [2.24, 2.45) is 0 Å². The summed E-state index contributed by atoms with van der Waals surface area (Å²) >= 11 is 12.2. The molecule has 9 heterocycles. The summed E-state index contributed by atoms with van der Waals surface area (Å²) in [5.74, 6) is -0.487. The van der Waals surface area contributed by atoms with Gasteiger partial charge in [-0.3, -0.25) is 9.59 Å². The predicted molar refractivity (Wildman–Crippen MR) is 172 cm³/mol. The van der Waals surface area contributed by atoms with Crippen molar-refractivity contribution in [2.75, 3.05) is 0 Å². The van der Waals surface area contributed by atoms with Crippen molar-refractivity contribution < 1.29 is 17.7 Å². The fourth-order valence-electron chi connectivity index (χ4n) is 4.26. The third-order valence-corrected chi connectivity index (χ3v) is 6.77. The van der Waals surface area contributed by atoms with Crippen LogP contribution in [0.25, 0.3) is 67.3 Å². The standard InChI is InChI=1S/C32H16Cl2N6O6/c33-27-35-29-39-30(36-27)45-23-13-5-19(6-14-23)26(42)20-7-15-24(16-8-20)46-32-38-28(34)37-31(40-32)44-22-11-3-18(4-12-22)25(41)17-1-9-21(43-29)10-2-17/h1-16H. The smallest absolute Gasteiger partial charge is 0.329 e. The Bertz CT molecular complexity index is 2270. The molecule has 0 saturated carbocycles. The van der Waals surface area contributed by atoms with Gasteiger partial charge in [-0.25, -0.2) is 0 Å². The van der Waals surface area contributed by atoms with Crippen LogP contribution < -0.4 is 10.9 Å². The van der Waals surface area contributed by atoms with Gasteiger partial charge in [-0.05, 0) is 120 Å². The zero-order valence-electron chi connectivity index (χ0n) is 23.1. The Morgan fingerprint density at radius 3 is 0.783 bits per heavy atom. The summed E-state index contributed by atoms with van der Waals surface area (Å²) < 4.78 is 22.9. The van der Waals surface area contributed by atoms with Crippen LogP contribution in [0.1, 0.15) is 0 Å². The van der Waals surface area contributed by atoms with E-state index < -0.39 is 0 Å². The monoisotopic (exact) mass is 650 g/mol. The second-order valence-electron chi connectivity index (χ2n) is 9.50. The molecule has 13 aromatic rings. The Kier molecular flexibility index (Phi) is 7.62. The molecule has 0 aliphatic rings. The topological polar surface area (TPSA) is 164 Å². The van der Waals surface area contributed by atoms with Crippen LogP contribution in [0.2, 0.25) is 10.6 Å². The normalized spacial score (nSPS) is 11.0. The molecule has 0 radical (unpaired) electrons. The highest BCUT2D eigenvalue weighted by Gasteiger charge is 2.03. The lowest BCUT2D eigenvalue weighted by Crippen LogP contribution is -1.97. The van der Waals surface area contributed by atoms with Crippen LogP contribution in [0.15, 0.2) is 124 Å². The van der Waals surface area contributed by atoms with E-state index in [4.69, 9.17) is 40.9 Å². The molecule has 9 aromatic heterocycles. The fraction of sp³-hybridized carbons (Fsp3) is 0. The zero-order chi connectivity index (χ0) is 31.6. The van der Waals surface area contributed by atoms with Crippen molar-refractivity contribution in [1.82, 2.24) is 29.9 Å². The van der Waals surface area contributed by atoms with E-state index in [0.717, 1.165) is 0 Å². The molecule has 0 saturated heterocycles. The van der Waals surface area contributed by atoms with Gasteiger partial charge >= 0.3 is 23.4 Å². The highest BCUT2D eigenvalue weighted by Crippen LogP contribution is 2.13. The summed E-state index contributed by atoms with van der Waals surface area (Å²) in [6.45, 7) is 0. The minimum Gasteiger partial charge on any atom is -0.424 e. The molecule has 12 bridgehead atoms. The Morgan fingerprint density at radius 1 is 0.348 bits per heavy atom. The quantitative estimate of drug-likeness (QED) is 0.161. The van der Waals surface area contributed by atoms with Crippen molar-refractivity contribution in [3.63, 3.8) is 0 Å². The van der Waals surface area contributed by atoms with Crippen LogP contribution in [0, 0.1) is 0 Å². The summed E-state index contributed by atoms with van der Waals surface area (Å²) in [4.78, 5) is 50.5. The lowest BCUT2D eigenvalue weighted by Gasteiger charge is -1.95. The van der Waals surface area contributed by atoms with Gasteiger partial charge in [0.1, 0.15) is 22.3 Å². The van der Waals surface area contributed by atoms with E-state index >= 15 is 0 Å². The summed E-state index contributed by atoms with van der Waals surface area (Å²) in [5.41, 5.74) is 0.910. The van der Waals surface area contributed by atoms with Crippen molar-refractivity contribution in [3.8, 4) is 0 Å². The van der Waals surface area contributed by atoms with Gasteiger partial charge in [0.05, 0.1) is 0 Å². The maximum absolute atomic E-state index is 13.1.